The van der Waals surface area contributed by atoms with Gasteiger partial charge in [-0.05, 0) is 42.0 Å². The number of benzene rings is 3. The van der Waals surface area contributed by atoms with Gasteiger partial charge in [-0.15, -0.1) is 11.3 Å². The summed E-state index contributed by atoms with van der Waals surface area (Å²) >= 11 is 14.0. The number of hydrogen-bond acceptors (Lipinski definition) is 6. The van der Waals surface area contributed by atoms with Gasteiger partial charge in [-0.1, -0.05) is 47.5 Å². The lowest BCUT2D eigenvalue weighted by Gasteiger charge is -2.08. The van der Waals surface area contributed by atoms with Crippen molar-refractivity contribution in [1.82, 2.24) is 9.55 Å². The molecule has 2 heterocycles. The molecule has 1 N–H and O–H groups in total. The summed E-state index contributed by atoms with van der Waals surface area (Å²) in [5.74, 6) is 1.34. The van der Waals surface area contributed by atoms with Gasteiger partial charge in [0.05, 0.1) is 26.1 Å². The summed E-state index contributed by atoms with van der Waals surface area (Å²) in [5.41, 5.74) is 7.89. The Hall–Kier alpha value is -3.52. The van der Waals surface area contributed by atoms with Crippen LogP contribution in [0.1, 0.15) is 11.1 Å². The highest BCUT2D eigenvalue weighted by molar-refractivity contribution is 7.14. The van der Waals surface area contributed by atoms with E-state index in [1.807, 2.05) is 47.8 Å². The van der Waals surface area contributed by atoms with E-state index >= 15 is 0 Å². The van der Waals surface area contributed by atoms with Crippen LogP contribution in [-0.2, 0) is 6.54 Å². The van der Waals surface area contributed by atoms with Gasteiger partial charge < -0.3 is 14.0 Å². The van der Waals surface area contributed by atoms with Gasteiger partial charge in [-0.25, -0.2) is 4.98 Å². The molecular formula is C27H22Cl2N4O2S. The molecule has 5 aromatic rings. The van der Waals surface area contributed by atoms with Gasteiger partial charge in [-0.2, -0.15) is 5.10 Å². The molecule has 5 rings (SSSR count). The van der Waals surface area contributed by atoms with Gasteiger partial charge >= 0.3 is 0 Å². The number of aromatic nitrogens is 2. The zero-order chi connectivity index (χ0) is 25.1. The first kappa shape index (κ1) is 24.2. The molecule has 0 aliphatic rings. The minimum Gasteiger partial charge on any atom is -0.493 e. The molecule has 3 aromatic carbocycles. The maximum atomic E-state index is 6.41. The number of fused-ring (bicyclic) bond motifs is 1. The van der Waals surface area contributed by atoms with Gasteiger partial charge in [0.25, 0.3) is 0 Å². The molecule has 182 valence electrons. The number of methoxy groups -OCH3 is 2. The average molecular weight is 537 g/mol. The van der Waals surface area contributed by atoms with Crippen LogP contribution in [0.4, 0.5) is 5.13 Å². The summed E-state index contributed by atoms with van der Waals surface area (Å²) in [7, 11) is 3.23. The van der Waals surface area contributed by atoms with Crippen LogP contribution in [0.25, 0.3) is 22.2 Å². The lowest BCUT2D eigenvalue weighted by Crippen LogP contribution is -1.98. The molecule has 0 saturated carbocycles. The Balaban J connectivity index is 1.35. The smallest absolute Gasteiger partial charge is 0.203 e. The number of hydrogen-bond donors (Lipinski definition) is 1. The Morgan fingerprint density at radius 2 is 1.86 bits per heavy atom. The third-order valence-corrected chi connectivity index (χ3v) is 7.06. The number of hydrazone groups is 1. The summed E-state index contributed by atoms with van der Waals surface area (Å²) in [5, 5.41) is 9.47. The van der Waals surface area contributed by atoms with E-state index in [1.54, 1.807) is 26.5 Å². The molecule has 36 heavy (non-hydrogen) atoms. The number of rotatable bonds is 8. The van der Waals surface area contributed by atoms with E-state index in [4.69, 9.17) is 32.7 Å². The van der Waals surface area contributed by atoms with Crippen molar-refractivity contribution < 1.29 is 9.47 Å². The molecule has 6 nitrogen and oxygen atoms in total. The van der Waals surface area contributed by atoms with E-state index in [-0.39, 0.29) is 0 Å². The van der Waals surface area contributed by atoms with Crippen LogP contribution >= 0.6 is 34.5 Å². The van der Waals surface area contributed by atoms with Crippen molar-refractivity contribution in [3.05, 3.63) is 93.4 Å². The van der Waals surface area contributed by atoms with E-state index in [0.29, 0.717) is 33.2 Å². The third kappa shape index (κ3) is 5.04. The molecule has 0 aliphatic carbocycles. The Morgan fingerprint density at radius 3 is 2.67 bits per heavy atom. The first-order chi connectivity index (χ1) is 17.6. The van der Waals surface area contributed by atoms with Crippen LogP contribution in [0.3, 0.4) is 0 Å². The highest BCUT2D eigenvalue weighted by Crippen LogP contribution is 2.33. The van der Waals surface area contributed by atoms with Crippen molar-refractivity contribution in [2.75, 3.05) is 19.6 Å². The van der Waals surface area contributed by atoms with Crippen LogP contribution in [0.2, 0.25) is 10.0 Å². The van der Waals surface area contributed by atoms with Crippen LogP contribution in [-0.4, -0.2) is 30.0 Å². The van der Waals surface area contributed by atoms with E-state index in [2.05, 4.69) is 38.4 Å². The SMILES string of the molecule is COc1ccc(-c2csc(N/N=C/c3cn(Cc4ccc(Cl)cc4Cl)c4ccccc34)n2)cc1OC. The molecule has 0 amide bonds. The van der Waals surface area contributed by atoms with E-state index in [1.165, 1.54) is 11.3 Å². The van der Waals surface area contributed by atoms with Crippen molar-refractivity contribution >= 4 is 56.8 Å². The summed E-state index contributed by atoms with van der Waals surface area (Å²) in [4.78, 5) is 4.65. The predicted molar refractivity (Wildman–Crippen MR) is 149 cm³/mol. The Kier molecular flexibility index (Phi) is 7.13. The van der Waals surface area contributed by atoms with Crippen molar-refractivity contribution in [1.29, 1.82) is 0 Å². The molecule has 2 aromatic heterocycles. The van der Waals surface area contributed by atoms with Gasteiger partial charge in [0.15, 0.2) is 11.5 Å². The normalized spacial score (nSPS) is 11.3. The summed E-state index contributed by atoms with van der Waals surface area (Å²) in [6.45, 7) is 0.624. The summed E-state index contributed by atoms with van der Waals surface area (Å²) in [6, 6.07) is 19.5. The predicted octanol–water partition coefficient (Wildman–Crippen LogP) is 7.58. The monoisotopic (exact) mass is 536 g/mol. The second kappa shape index (κ2) is 10.6. The molecule has 0 bridgehead atoms. The topological polar surface area (TPSA) is 60.7 Å². The molecule has 0 atom stereocenters. The maximum absolute atomic E-state index is 6.41. The minimum absolute atomic E-state index is 0.622. The first-order valence-corrected chi connectivity index (χ1v) is 12.7. The number of halogens is 2. The highest BCUT2D eigenvalue weighted by atomic mass is 35.5. The average Bonchev–Trinajstić information content (AvgIpc) is 3.50. The Bertz CT molecular complexity index is 1560. The number of para-hydroxylation sites is 1. The first-order valence-electron chi connectivity index (χ1n) is 11.0. The molecular weight excluding hydrogens is 515 g/mol. The number of nitrogens with zero attached hydrogens (tertiary/aromatic N) is 3. The zero-order valence-corrected chi connectivity index (χ0v) is 21.9. The van der Waals surface area contributed by atoms with Crippen molar-refractivity contribution in [3.63, 3.8) is 0 Å². The summed E-state index contributed by atoms with van der Waals surface area (Å²) < 4.78 is 12.9. The van der Waals surface area contributed by atoms with E-state index in [9.17, 15) is 0 Å². The second-order valence-corrected chi connectivity index (χ2v) is 9.64. The number of nitrogens with one attached hydrogen (secondary N) is 1. The molecule has 0 spiro atoms. The quantitative estimate of drug-likeness (QED) is 0.164. The Labute approximate surface area is 222 Å². The number of ether oxygens (including phenoxy) is 2. The zero-order valence-electron chi connectivity index (χ0n) is 19.5. The second-order valence-electron chi connectivity index (χ2n) is 7.94. The standard InChI is InChI=1S/C27H22Cl2N4O2S/c1-34-25-10-8-17(11-26(25)35-2)23-16-36-27(31-23)32-30-13-19-15-33(24-6-4-3-5-21(19)24)14-18-7-9-20(28)12-22(18)29/h3-13,15-16H,14H2,1-2H3,(H,31,32)/b30-13+. The molecule has 0 unspecified atom stereocenters. The lowest BCUT2D eigenvalue weighted by molar-refractivity contribution is 0.355. The summed E-state index contributed by atoms with van der Waals surface area (Å²) in [6.07, 6.45) is 3.87. The van der Waals surface area contributed by atoms with E-state index < -0.39 is 0 Å². The van der Waals surface area contributed by atoms with Gasteiger partial charge in [0, 0.05) is 50.2 Å². The fraction of sp³-hybridized carbons (Fsp3) is 0.111. The van der Waals surface area contributed by atoms with Crippen LogP contribution in [0.15, 0.2) is 77.3 Å². The number of anilines is 1. The highest BCUT2D eigenvalue weighted by Gasteiger charge is 2.11. The Morgan fingerprint density at radius 1 is 1.03 bits per heavy atom. The van der Waals surface area contributed by atoms with Crippen molar-refractivity contribution in [3.8, 4) is 22.8 Å². The molecule has 9 heteroatoms. The van der Waals surface area contributed by atoms with Crippen LogP contribution < -0.4 is 14.9 Å². The van der Waals surface area contributed by atoms with Crippen LogP contribution in [0, 0.1) is 0 Å². The van der Waals surface area contributed by atoms with Gasteiger partial charge in [-0.3, -0.25) is 5.43 Å². The lowest BCUT2D eigenvalue weighted by atomic mass is 10.1. The maximum Gasteiger partial charge on any atom is 0.203 e. The molecule has 0 saturated heterocycles. The van der Waals surface area contributed by atoms with Gasteiger partial charge in [0.1, 0.15) is 0 Å². The largest absolute Gasteiger partial charge is 0.493 e. The molecule has 0 aliphatic heterocycles. The fourth-order valence-electron chi connectivity index (χ4n) is 3.95. The van der Waals surface area contributed by atoms with Crippen LogP contribution in [0.5, 0.6) is 11.5 Å². The van der Waals surface area contributed by atoms with Crippen molar-refractivity contribution in [2.45, 2.75) is 6.54 Å². The molecule has 0 radical (unpaired) electrons. The fourth-order valence-corrected chi connectivity index (χ4v) is 5.09. The minimum atomic E-state index is 0.622. The number of thiazole rings is 1. The third-order valence-electron chi connectivity index (χ3n) is 5.72. The van der Waals surface area contributed by atoms with E-state index in [0.717, 1.165) is 33.3 Å². The van der Waals surface area contributed by atoms with Gasteiger partial charge in [0.2, 0.25) is 5.13 Å². The molecule has 0 fully saturated rings. The van der Waals surface area contributed by atoms with Crippen molar-refractivity contribution in [2.24, 2.45) is 5.10 Å².